The molecule has 0 saturated heterocycles. The van der Waals surface area contributed by atoms with Gasteiger partial charge in [-0.25, -0.2) is 17.8 Å². The van der Waals surface area contributed by atoms with E-state index in [-0.39, 0.29) is 11.4 Å². The molecule has 0 bridgehead atoms. The molecule has 0 aliphatic rings. The molecule has 0 aliphatic carbocycles. The number of hydrogen-bond acceptors (Lipinski definition) is 3. The summed E-state index contributed by atoms with van der Waals surface area (Å²) in [6.45, 7) is 6.50. The van der Waals surface area contributed by atoms with Crippen LogP contribution in [0.1, 0.15) is 30.8 Å². The molecule has 0 radical (unpaired) electrons. The minimum Gasteiger partial charge on any atom is -0.237 e. The number of fused-ring (bicyclic) bond motifs is 1. The van der Waals surface area contributed by atoms with E-state index < -0.39 is 10.0 Å². The maximum absolute atomic E-state index is 13.0. The predicted octanol–water partition coefficient (Wildman–Crippen LogP) is 5.01. The topological polar surface area (TPSA) is 64.0 Å². The van der Waals surface area contributed by atoms with Gasteiger partial charge in [0.2, 0.25) is 10.0 Å². The van der Waals surface area contributed by atoms with E-state index in [0.717, 1.165) is 39.8 Å². The third kappa shape index (κ3) is 4.55. The number of nitrogens with zero attached hydrogens (tertiary/aromatic N) is 2. The second-order valence-corrected chi connectivity index (χ2v) is 9.96. The SMILES string of the molecule is Cc1c(CNS(=O)(=O)c2ccc3ccccc3c2)nn(-c2ccccc2)c1CC(C)C. The lowest BCUT2D eigenvalue weighted by molar-refractivity contribution is 0.580. The van der Waals surface area contributed by atoms with E-state index in [2.05, 4.69) is 18.6 Å². The molecule has 3 aromatic carbocycles. The normalized spacial score (nSPS) is 12.0. The average molecular weight is 434 g/mol. The molecule has 0 saturated carbocycles. The summed E-state index contributed by atoms with van der Waals surface area (Å²) in [7, 11) is -3.66. The fourth-order valence-corrected chi connectivity index (χ4v) is 4.76. The third-order valence-corrected chi connectivity index (χ3v) is 6.80. The quantitative estimate of drug-likeness (QED) is 0.446. The summed E-state index contributed by atoms with van der Waals surface area (Å²) < 4.78 is 30.6. The van der Waals surface area contributed by atoms with E-state index in [1.807, 2.05) is 72.3 Å². The lowest BCUT2D eigenvalue weighted by atomic mass is 10.0. The van der Waals surface area contributed by atoms with Gasteiger partial charge in [-0.3, -0.25) is 0 Å². The monoisotopic (exact) mass is 433 g/mol. The van der Waals surface area contributed by atoms with Crippen LogP contribution in [0.3, 0.4) is 0 Å². The van der Waals surface area contributed by atoms with Crippen molar-refractivity contribution in [3.05, 3.63) is 89.7 Å². The number of rotatable bonds is 7. The van der Waals surface area contributed by atoms with Gasteiger partial charge in [-0.2, -0.15) is 5.10 Å². The lowest BCUT2D eigenvalue weighted by Gasteiger charge is -2.10. The maximum atomic E-state index is 13.0. The molecule has 1 heterocycles. The first-order chi connectivity index (χ1) is 14.8. The Labute approximate surface area is 183 Å². The highest BCUT2D eigenvalue weighted by molar-refractivity contribution is 7.89. The van der Waals surface area contributed by atoms with Crippen LogP contribution in [-0.4, -0.2) is 18.2 Å². The van der Waals surface area contributed by atoms with E-state index in [9.17, 15) is 8.42 Å². The van der Waals surface area contributed by atoms with Crippen LogP contribution in [-0.2, 0) is 23.0 Å². The van der Waals surface area contributed by atoms with Crippen LogP contribution in [0.5, 0.6) is 0 Å². The van der Waals surface area contributed by atoms with Crippen molar-refractivity contribution in [3.8, 4) is 5.69 Å². The zero-order valence-electron chi connectivity index (χ0n) is 18.0. The first kappa shape index (κ1) is 21.3. The molecule has 0 spiro atoms. The Kier molecular flexibility index (Phi) is 5.94. The van der Waals surface area contributed by atoms with Gasteiger partial charge >= 0.3 is 0 Å². The van der Waals surface area contributed by atoms with Crippen molar-refractivity contribution in [2.24, 2.45) is 5.92 Å². The van der Waals surface area contributed by atoms with E-state index >= 15 is 0 Å². The molecule has 0 unspecified atom stereocenters. The number of para-hydroxylation sites is 1. The first-order valence-corrected chi connectivity index (χ1v) is 11.9. The Morgan fingerprint density at radius 2 is 1.61 bits per heavy atom. The summed E-state index contributed by atoms with van der Waals surface area (Å²) in [4.78, 5) is 0.258. The molecular weight excluding hydrogens is 406 g/mol. The Bertz CT molecular complexity index is 1310. The molecule has 0 fully saturated rings. The van der Waals surface area contributed by atoms with Crippen molar-refractivity contribution in [1.29, 1.82) is 0 Å². The number of benzene rings is 3. The highest BCUT2D eigenvalue weighted by Crippen LogP contribution is 2.23. The number of sulfonamides is 1. The zero-order chi connectivity index (χ0) is 22.0. The van der Waals surface area contributed by atoms with Crippen molar-refractivity contribution < 1.29 is 8.42 Å². The Hall–Kier alpha value is -2.96. The first-order valence-electron chi connectivity index (χ1n) is 10.5. The smallest absolute Gasteiger partial charge is 0.237 e. The Balaban J connectivity index is 1.63. The van der Waals surface area contributed by atoms with E-state index in [1.54, 1.807) is 12.1 Å². The van der Waals surface area contributed by atoms with Gasteiger partial charge in [-0.1, -0.05) is 62.4 Å². The van der Waals surface area contributed by atoms with Crippen molar-refractivity contribution in [2.75, 3.05) is 0 Å². The second kappa shape index (κ2) is 8.65. The second-order valence-electron chi connectivity index (χ2n) is 8.20. The van der Waals surface area contributed by atoms with Crippen LogP contribution in [0.15, 0.2) is 77.7 Å². The molecule has 0 aliphatic heterocycles. The van der Waals surface area contributed by atoms with Crippen LogP contribution in [0.2, 0.25) is 0 Å². The number of aromatic nitrogens is 2. The van der Waals surface area contributed by atoms with Crippen molar-refractivity contribution >= 4 is 20.8 Å². The summed E-state index contributed by atoms with van der Waals surface area (Å²) in [5.74, 6) is 0.458. The molecule has 0 atom stereocenters. The van der Waals surface area contributed by atoms with Crippen LogP contribution < -0.4 is 4.72 Å². The molecule has 160 valence electrons. The Morgan fingerprint density at radius 1 is 0.935 bits per heavy atom. The summed E-state index contributed by atoms with van der Waals surface area (Å²) >= 11 is 0. The predicted molar refractivity (Wildman–Crippen MR) is 125 cm³/mol. The minimum atomic E-state index is -3.66. The van der Waals surface area contributed by atoms with Crippen LogP contribution >= 0.6 is 0 Å². The molecule has 1 aromatic heterocycles. The van der Waals surface area contributed by atoms with Gasteiger partial charge in [0.15, 0.2) is 0 Å². The van der Waals surface area contributed by atoms with Gasteiger partial charge in [-0.15, -0.1) is 0 Å². The van der Waals surface area contributed by atoms with Crippen LogP contribution in [0, 0.1) is 12.8 Å². The van der Waals surface area contributed by atoms with E-state index in [4.69, 9.17) is 5.10 Å². The average Bonchev–Trinajstić information content (AvgIpc) is 3.07. The molecule has 0 amide bonds. The lowest BCUT2D eigenvalue weighted by Crippen LogP contribution is -2.23. The van der Waals surface area contributed by atoms with Crippen molar-refractivity contribution in [1.82, 2.24) is 14.5 Å². The van der Waals surface area contributed by atoms with E-state index in [1.165, 1.54) is 0 Å². The van der Waals surface area contributed by atoms with Gasteiger partial charge in [0.1, 0.15) is 0 Å². The number of hydrogen-bond donors (Lipinski definition) is 1. The molecule has 5 nitrogen and oxygen atoms in total. The molecule has 6 heteroatoms. The van der Waals surface area contributed by atoms with Gasteiger partial charge in [-0.05, 0) is 59.9 Å². The van der Waals surface area contributed by atoms with E-state index in [0.29, 0.717) is 5.92 Å². The van der Waals surface area contributed by atoms with Gasteiger partial charge in [0.25, 0.3) is 0 Å². The molecule has 1 N–H and O–H groups in total. The zero-order valence-corrected chi connectivity index (χ0v) is 18.9. The fraction of sp³-hybridized carbons (Fsp3) is 0.240. The highest BCUT2D eigenvalue weighted by atomic mass is 32.2. The van der Waals surface area contributed by atoms with Crippen molar-refractivity contribution in [3.63, 3.8) is 0 Å². The van der Waals surface area contributed by atoms with Gasteiger partial charge in [0, 0.05) is 5.69 Å². The van der Waals surface area contributed by atoms with Gasteiger partial charge < -0.3 is 0 Å². The maximum Gasteiger partial charge on any atom is 0.240 e. The summed E-state index contributed by atoms with van der Waals surface area (Å²) in [6.07, 6.45) is 0.866. The molecule has 4 rings (SSSR count). The largest absolute Gasteiger partial charge is 0.240 e. The summed E-state index contributed by atoms with van der Waals surface area (Å²) in [5, 5.41) is 6.68. The highest BCUT2D eigenvalue weighted by Gasteiger charge is 2.20. The standard InChI is InChI=1S/C25H27N3O2S/c1-18(2)15-25-19(3)24(27-28(25)22-11-5-4-6-12-22)17-26-31(29,30)23-14-13-20-9-7-8-10-21(20)16-23/h4-14,16,18,26H,15,17H2,1-3H3. The minimum absolute atomic E-state index is 0.145. The van der Waals surface area contributed by atoms with Crippen LogP contribution in [0.4, 0.5) is 0 Å². The molecule has 4 aromatic rings. The molecule has 31 heavy (non-hydrogen) atoms. The molecular formula is C25H27N3O2S. The van der Waals surface area contributed by atoms with Crippen LogP contribution in [0.25, 0.3) is 16.5 Å². The third-order valence-electron chi connectivity index (χ3n) is 5.41. The van der Waals surface area contributed by atoms with Gasteiger partial charge in [0.05, 0.1) is 22.8 Å². The fourth-order valence-electron chi connectivity index (χ4n) is 3.74. The Morgan fingerprint density at radius 3 is 2.32 bits per heavy atom. The summed E-state index contributed by atoms with van der Waals surface area (Å²) in [6, 6.07) is 22.9. The van der Waals surface area contributed by atoms with Crippen molar-refractivity contribution in [2.45, 2.75) is 38.6 Å². The number of nitrogens with one attached hydrogen (secondary N) is 1. The summed E-state index contributed by atoms with van der Waals surface area (Å²) in [5.41, 5.74) is 3.86.